The number of rotatable bonds is 3. The number of hydrogen-bond donors (Lipinski definition) is 0. The third-order valence-electron chi connectivity index (χ3n) is 2.58. The minimum atomic E-state index is -0.444. The molecule has 0 heterocycles. The van der Waals surface area contributed by atoms with Crippen molar-refractivity contribution in [3.8, 4) is 0 Å². The van der Waals surface area contributed by atoms with Gasteiger partial charge in [-0.15, -0.1) is 0 Å². The SMILES string of the molecule is O=C(Cc1ccc(Cl)c(Cl)c1)c1cc(F)ccc1Br. The molecule has 0 amide bonds. The zero-order valence-corrected chi connectivity index (χ0v) is 12.7. The molecule has 0 atom stereocenters. The van der Waals surface area contributed by atoms with E-state index in [1.807, 2.05) is 0 Å². The Labute approximate surface area is 128 Å². The van der Waals surface area contributed by atoms with E-state index in [4.69, 9.17) is 23.2 Å². The Hall–Kier alpha value is -0.900. The molecule has 98 valence electrons. The van der Waals surface area contributed by atoms with Crippen molar-refractivity contribution in [3.05, 3.63) is 67.9 Å². The quantitative estimate of drug-likeness (QED) is 0.676. The normalized spacial score (nSPS) is 10.5. The summed E-state index contributed by atoms with van der Waals surface area (Å²) < 4.78 is 13.7. The lowest BCUT2D eigenvalue weighted by atomic mass is 10.0. The van der Waals surface area contributed by atoms with Crippen LogP contribution in [0.2, 0.25) is 10.0 Å². The molecule has 0 aromatic heterocycles. The van der Waals surface area contributed by atoms with Crippen LogP contribution < -0.4 is 0 Å². The molecule has 0 N–H and O–H groups in total. The van der Waals surface area contributed by atoms with E-state index in [1.165, 1.54) is 18.2 Å². The van der Waals surface area contributed by atoms with Crippen LogP contribution in [0.25, 0.3) is 0 Å². The van der Waals surface area contributed by atoms with Crippen LogP contribution in [0.3, 0.4) is 0 Å². The van der Waals surface area contributed by atoms with E-state index in [0.29, 0.717) is 20.1 Å². The highest BCUT2D eigenvalue weighted by molar-refractivity contribution is 9.10. The van der Waals surface area contributed by atoms with E-state index < -0.39 is 5.82 Å². The summed E-state index contributed by atoms with van der Waals surface area (Å²) in [6, 6.07) is 9.00. The third kappa shape index (κ3) is 3.56. The molecule has 0 radical (unpaired) electrons. The summed E-state index contributed by atoms with van der Waals surface area (Å²) in [5, 5.41) is 0.829. The van der Waals surface area contributed by atoms with Crippen LogP contribution in [0, 0.1) is 5.82 Å². The van der Waals surface area contributed by atoms with E-state index in [0.717, 1.165) is 5.56 Å². The first-order valence-corrected chi connectivity index (χ1v) is 6.94. The first-order valence-electron chi connectivity index (χ1n) is 5.39. The van der Waals surface area contributed by atoms with Crippen molar-refractivity contribution < 1.29 is 9.18 Å². The van der Waals surface area contributed by atoms with Gasteiger partial charge in [0.25, 0.3) is 0 Å². The van der Waals surface area contributed by atoms with Gasteiger partial charge in [0.05, 0.1) is 10.0 Å². The molecule has 5 heteroatoms. The van der Waals surface area contributed by atoms with Gasteiger partial charge in [0.2, 0.25) is 0 Å². The maximum atomic E-state index is 13.2. The molecule has 2 aromatic rings. The fourth-order valence-electron chi connectivity index (χ4n) is 1.64. The smallest absolute Gasteiger partial charge is 0.168 e. The van der Waals surface area contributed by atoms with E-state index >= 15 is 0 Å². The van der Waals surface area contributed by atoms with E-state index in [9.17, 15) is 9.18 Å². The topological polar surface area (TPSA) is 17.1 Å². The maximum Gasteiger partial charge on any atom is 0.168 e. The van der Waals surface area contributed by atoms with Crippen LogP contribution in [0.4, 0.5) is 4.39 Å². The molecule has 2 aromatic carbocycles. The number of ketones is 1. The lowest BCUT2D eigenvalue weighted by Gasteiger charge is -2.05. The highest BCUT2D eigenvalue weighted by Crippen LogP contribution is 2.24. The largest absolute Gasteiger partial charge is 0.294 e. The summed E-state index contributed by atoms with van der Waals surface area (Å²) >= 11 is 14.9. The van der Waals surface area contributed by atoms with Gasteiger partial charge in [-0.1, -0.05) is 45.2 Å². The number of benzene rings is 2. The Bertz CT molecular complexity index is 643. The van der Waals surface area contributed by atoms with Gasteiger partial charge in [0.15, 0.2) is 5.78 Å². The minimum Gasteiger partial charge on any atom is -0.294 e. The van der Waals surface area contributed by atoms with Crippen LogP contribution in [0.5, 0.6) is 0 Å². The molecule has 0 aliphatic carbocycles. The Morgan fingerprint density at radius 1 is 1.11 bits per heavy atom. The zero-order chi connectivity index (χ0) is 14.0. The monoisotopic (exact) mass is 360 g/mol. The van der Waals surface area contributed by atoms with Crippen molar-refractivity contribution in [2.45, 2.75) is 6.42 Å². The number of carbonyl (C=O) groups excluding carboxylic acids is 1. The summed E-state index contributed by atoms with van der Waals surface area (Å²) in [5.74, 6) is -0.634. The summed E-state index contributed by atoms with van der Waals surface area (Å²) in [7, 11) is 0. The Kier molecular flexibility index (Phi) is 4.61. The minimum absolute atomic E-state index is 0.138. The van der Waals surface area contributed by atoms with Crippen molar-refractivity contribution >= 4 is 44.9 Å². The van der Waals surface area contributed by atoms with Crippen LogP contribution in [-0.2, 0) is 6.42 Å². The Morgan fingerprint density at radius 2 is 1.84 bits per heavy atom. The predicted molar refractivity (Wildman–Crippen MR) is 78.6 cm³/mol. The molecular weight excluding hydrogens is 354 g/mol. The second-order valence-electron chi connectivity index (χ2n) is 3.97. The second kappa shape index (κ2) is 6.04. The first kappa shape index (κ1) is 14.5. The van der Waals surface area contributed by atoms with Gasteiger partial charge in [-0.2, -0.15) is 0 Å². The number of carbonyl (C=O) groups is 1. The average Bonchev–Trinajstić information content (AvgIpc) is 2.36. The van der Waals surface area contributed by atoms with Crippen LogP contribution in [-0.4, -0.2) is 5.78 Å². The lowest BCUT2D eigenvalue weighted by molar-refractivity contribution is 0.0992. The standard InChI is InChI=1S/C14H8BrCl2FO/c15-11-3-2-9(18)7-10(11)14(19)6-8-1-4-12(16)13(17)5-8/h1-5,7H,6H2. The number of Topliss-reactive ketones (excluding diaryl/α,β-unsaturated/α-hetero) is 1. The van der Waals surface area contributed by atoms with Crippen molar-refractivity contribution in [3.63, 3.8) is 0 Å². The maximum absolute atomic E-state index is 13.2. The van der Waals surface area contributed by atoms with E-state index in [2.05, 4.69) is 15.9 Å². The highest BCUT2D eigenvalue weighted by Gasteiger charge is 2.12. The molecule has 0 fully saturated rings. The molecule has 0 saturated heterocycles. The Morgan fingerprint density at radius 3 is 2.53 bits per heavy atom. The summed E-state index contributed by atoms with van der Waals surface area (Å²) in [5.41, 5.74) is 1.04. The van der Waals surface area contributed by atoms with Crippen molar-refractivity contribution in [2.75, 3.05) is 0 Å². The van der Waals surface area contributed by atoms with Crippen molar-refractivity contribution in [1.29, 1.82) is 0 Å². The Balaban J connectivity index is 2.25. The molecule has 0 unspecified atom stereocenters. The molecule has 0 bridgehead atoms. The van der Waals surface area contributed by atoms with Gasteiger partial charge < -0.3 is 0 Å². The highest BCUT2D eigenvalue weighted by atomic mass is 79.9. The molecule has 0 aliphatic rings. The second-order valence-corrected chi connectivity index (χ2v) is 5.64. The number of hydrogen-bond acceptors (Lipinski definition) is 1. The van der Waals surface area contributed by atoms with Crippen LogP contribution >= 0.6 is 39.1 Å². The molecule has 0 saturated carbocycles. The fraction of sp³-hybridized carbons (Fsp3) is 0.0714. The van der Waals surface area contributed by atoms with Crippen molar-refractivity contribution in [2.24, 2.45) is 0 Å². The van der Waals surface area contributed by atoms with Crippen LogP contribution in [0.1, 0.15) is 15.9 Å². The fourth-order valence-corrected chi connectivity index (χ4v) is 2.43. The van der Waals surface area contributed by atoms with Gasteiger partial charge >= 0.3 is 0 Å². The molecule has 2 rings (SSSR count). The predicted octanol–water partition coefficient (Wildman–Crippen LogP) is 5.32. The van der Waals surface area contributed by atoms with Gasteiger partial charge in [-0.3, -0.25) is 4.79 Å². The van der Waals surface area contributed by atoms with Gasteiger partial charge in [0, 0.05) is 16.5 Å². The van der Waals surface area contributed by atoms with E-state index in [1.54, 1.807) is 18.2 Å². The lowest BCUT2D eigenvalue weighted by Crippen LogP contribution is -2.05. The molecular formula is C14H8BrCl2FO. The van der Waals surface area contributed by atoms with Gasteiger partial charge in [0.1, 0.15) is 5.82 Å². The molecule has 1 nitrogen and oxygen atoms in total. The zero-order valence-electron chi connectivity index (χ0n) is 9.59. The number of halogens is 4. The molecule has 0 aliphatic heterocycles. The third-order valence-corrected chi connectivity index (χ3v) is 4.01. The summed E-state index contributed by atoms with van der Waals surface area (Å²) in [4.78, 5) is 12.1. The van der Waals surface area contributed by atoms with Gasteiger partial charge in [-0.25, -0.2) is 4.39 Å². The molecule has 0 spiro atoms. The van der Waals surface area contributed by atoms with Crippen LogP contribution in [0.15, 0.2) is 40.9 Å². The summed E-state index contributed by atoms with van der Waals surface area (Å²) in [6.07, 6.45) is 0.138. The molecule has 19 heavy (non-hydrogen) atoms. The van der Waals surface area contributed by atoms with Crippen molar-refractivity contribution in [1.82, 2.24) is 0 Å². The summed E-state index contributed by atoms with van der Waals surface area (Å²) in [6.45, 7) is 0. The first-order chi connectivity index (χ1) is 8.97. The van der Waals surface area contributed by atoms with E-state index in [-0.39, 0.29) is 12.2 Å². The average molecular weight is 362 g/mol. The van der Waals surface area contributed by atoms with Gasteiger partial charge in [-0.05, 0) is 35.9 Å².